The molecule has 1 amide bonds. The summed E-state index contributed by atoms with van der Waals surface area (Å²) in [6.45, 7) is 25.3. The second-order valence-corrected chi connectivity index (χ2v) is 29.3. The second kappa shape index (κ2) is 27.5. The molecule has 5 aromatic heterocycles. The summed E-state index contributed by atoms with van der Waals surface area (Å²) in [5.74, 6) is 0.531. The first-order valence-corrected chi connectivity index (χ1v) is 33.9. The number of Topliss-reactive ketones (excluding diaryl/α,β-unsaturated/α-hetero) is 1. The van der Waals surface area contributed by atoms with E-state index in [0.29, 0.717) is 51.1 Å². The molecule has 0 bridgehead atoms. The van der Waals surface area contributed by atoms with E-state index in [9.17, 15) is 44.0 Å². The second-order valence-electron chi connectivity index (χ2n) is 22.8. The zero-order valence-corrected chi connectivity index (χ0v) is 55.2. The lowest BCUT2D eigenvalue weighted by atomic mass is 9.99. The number of benzene rings is 4. The lowest BCUT2D eigenvalue weighted by Gasteiger charge is -2.16. The number of amides is 1. The minimum Gasteiger partial charge on any atom is -0.294 e. The van der Waals surface area contributed by atoms with Gasteiger partial charge in [-0.25, -0.2) is 43.9 Å². The molecule has 24 heteroatoms. The first kappa shape index (κ1) is 68.7. The number of aromatic nitrogens is 9. The number of rotatable bonds is 12. The fourth-order valence-corrected chi connectivity index (χ4v) is 12.6. The van der Waals surface area contributed by atoms with Crippen molar-refractivity contribution in [3.63, 3.8) is 0 Å². The number of sulfone groups is 2. The standard InChI is InChI=1S/C14H19N3O3S.C13H17ClN2O2S.C13H18N2O2S.C11H13FO.C10H13N3O/c1-9(2)11-7-6-8-12-13(11)16(4)15-14(12)17(10(3)18)21(5,19)20;1-8(2)9-5-6-10(14)12-11(7-19(4,17)18)15-16(3)13(9)12;1-9(2)10-6-5-7-11-12(8-18(4,16)17)14-15(3)13(10)11;1-7(2)9-4-5-11(12)10(6-9)8(3)13;1-6(2)8-4-5-9-11-12-10(14)13(9)7(8)3/h6-9H,1-5H3;5-6,8H,7H2,1-4H3;5-7,9H,8H2,1-4H3;4-7H,1-3H3;4-6H,1-3H3,(H,12,14). The first-order chi connectivity index (χ1) is 39.3. The van der Waals surface area contributed by atoms with Crippen molar-refractivity contribution < 1.29 is 39.2 Å². The van der Waals surface area contributed by atoms with Gasteiger partial charge in [-0.3, -0.25) is 23.6 Å². The number of para-hydroxylation sites is 2. The Morgan fingerprint density at radius 3 is 1.58 bits per heavy atom. The van der Waals surface area contributed by atoms with Gasteiger partial charge in [-0.2, -0.15) is 24.7 Å². The molecule has 460 valence electrons. The van der Waals surface area contributed by atoms with Crippen LogP contribution < -0.4 is 9.99 Å². The van der Waals surface area contributed by atoms with Crippen molar-refractivity contribution in [2.75, 3.05) is 23.1 Å². The van der Waals surface area contributed by atoms with Gasteiger partial charge in [-0.15, -0.1) is 0 Å². The molecular weight excluding hydrogens is 1170 g/mol. The third kappa shape index (κ3) is 16.7. The number of ketones is 1. The van der Waals surface area contributed by atoms with Crippen molar-refractivity contribution in [1.29, 1.82) is 0 Å². The number of aromatic amines is 1. The van der Waals surface area contributed by atoms with E-state index < -0.39 is 41.4 Å². The van der Waals surface area contributed by atoms with Crippen LogP contribution in [0.15, 0.2) is 83.7 Å². The molecule has 0 atom stereocenters. The van der Waals surface area contributed by atoms with Crippen molar-refractivity contribution in [1.82, 2.24) is 43.9 Å². The number of fused-ring (bicyclic) bond motifs is 4. The van der Waals surface area contributed by atoms with Crippen LogP contribution in [0.4, 0.5) is 10.2 Å². The predicted molar refractivity (Wildman–Crippen MR) is 340 cm³/mol. The smallest absolute Gasteiger partial charge is 0.294 e. The number of anilines is 1. The Kier molecular flexibility index (Phi) is 22.2. The molecule has 0 saturated carbocycles. The lowest BCUT2D eigenvalue weighted by Crippen LogP contribution is -2.34. The van der Waals surface area contributed by atoms with Crippen LogP contribution in [-0.4, -0.2) is 99.7 Å². The molecule has 9 aromatic rings. The minimum absolute atomic E-state index is 0.00805. The Labute approximate surface area is 503 Å². The first-order valence-electron chi connectivity index (χ1n) is 27.5. The lowest BCUT2D eigenvalue weighted by molar-refractivity contribution is -0.115. The summed E-state index contributed by atoms with van der Waals surface area (Å²) in [5, 5.41) is 22.2. The highest BCUT2D eigenvalue weighted by atomic mass is 35.5. The van der Waals surface area contributed by atoms with Crippen LogP contribution in [0, 0.1) is 12.7 Å². The van der Waals surface area contributed by atoms with Crippen molar-refractivity contribution in [3.8, 4) is 0 Å². The van der Waals surface area contributed by atoms with Gasteiger partial charge in [-0.05, 0) is 102 Å². The number of hydrogen-bond acceptors (Lipinski definition) is 13. The zero-order valence-electron chi connectivity index (χ0n) is 52.0. The van der Waals surface area contributed by atoms with Crippen molar-refractivity contribution >= 4 is 97.2 Å². The average molecular weight is 1250 g/mol. The van der Waals surface area contributed by atoms with Gasteiger partial charge in [0, 0.05) is 62.4 Å². The van der Waals surface area contributed by atoms with Crippen LogP contribution in [0.3, 0.4) is 0 Å². The van der Waals surface area contributed by atoms with E-state index >= 15 is 0 Å². The number of aryl methyl sites for hydroxylation is 4. The molecule has 5 heterocycles. The van der Waals surface area contributed by atoms with E-state index in [1.165, 1.54) is 43.6 Å². The van der Waals surface area contributed by atoms with Gasteiger partial charge in [0.15, 0.2) is 36.9 Å². The highest BCUT2D eigenvalue weighted by Gasteiger charge is 2.28. The summed E-state index contributed by atoms with van der Waals surface area (Å²) < 4.78 is 90.2. The highest BCUT2D eigenvalue weighted by molar-refractivity contribution is 7.92. The van der Waals surface area contributed by atoms with Crippen LogP contribution >= 0.6 is 11.6 Å². The van der Waals surface area contributed by atoms with Gasteiger partial charge in [0.25, 0.3) is 0 Å². The Hall–Kier alpha value is -7.08. The number of carbonyl (C=O) groups excluding carboxylic acids is 2. The number of carbonyl (C=O) groups is 2. The van der Waals surface area contributed by atoms with E-state index in [2.05, 4.69) is 86.9 Å². The molecule has 19 nitrogen and oxygen atoms in total. The summed E-state index contributed by atoms with van der Waals surface area (Å²) in [6, 6.07) is 24.0. The average Bonchev–Trinajstić information content (AvgIpc) is 2.75. The predicted octanol–water partition coefficient (Wildman–Crippen LogP) is 11.8. The van der Waals surface area contributed by atoms with Gasteiger partial charge in [0.1, 0.15) is 5.82 Å². The number of nitrogens with zero attached hydrogens (tertiary/aromatic N) is 9. The fourth-order valence-electron chi connectivity index (χ4n) is 10.0. The highest BCUT2D eigenvalue weighted by Crippen LogP contribution is 2.35. The van der Waals surface area contributed by atoms with E-state index in [-0.39, 0.29) is 40.3 Å². The number of halogens is 2. The van der Waals surface area contributed by atoms with Gasteiger partial charge in [-0.1, -0.05) is 129 Å². The van der Waals surface area contributed by atoms with E-state index in [4.69, 9.17) is 11.6 Å². The summed E-state index contributed by atoms with van der Waals surface area (Å²) >= 11 is 6.23. The minimum atomic E-state index is -3.72. The molecule has 0 aliphatic carbocycles. The van der Waals surface area contributed by atoms with Crippen LogP contribution in [0.5, 0.6) is 0 Å². The van der Waals surface area contributed by atoms with Crippen LogP contribution in [0.2, 0.25) is 5.02 Å². The number of sulfonamides is 1. The summed E-state index contributed by atoms with van der Waals surface area (Å²) in [4.78, 5) is 34.2. The van der Waals surface area contributed by atoms with Crippen LogP contribution in [-0.2, 0) is 67.1 Å². The Morgan fingerprint density at radius 1 is 0.612 bits per heavy atom. The van der Waals surface area contributed by atoms with Gasteiger partial charge in [0.2, 0.25) is 15.9 Å². The molecule has 9 rings (SSSR count). The molecule has 0 unspecified atom stereocenters. The summed E-state index contributed by atoms with van der Waals surface area (Å²) in [5.41, 5.74) is 11.2. The van der Waals surface area contributed by atoms with Crippen molar-refractivity contribution in [3.05, 3.63) is 151 Å². The molecule has 0 saturated heterocycles. The molecule has 0 fully saturated rings. The molecule has 1 N–H and O–H groups in total. The molecule has 0 aliphatic heterocycles. The maximum atomic E-state index is 13.1. The van der Waals surface area contributed by atoms with Crippen LogP contribution in [0.25, 0.3) is 38.4 Å². The zero-order chi connectivity index (χ0) is 64.1. The van der Waals surface area contributed by atoms with Gasteiger partial charge >= 0.3 is 5.69 Å². The monoisotopic (exact) mass is 1250 g/mol. The third-order valence-corrected chi connectivity index (χ3v) is 16.9. The van der Waals surface area contributed by atoms with E-state index in [0.717, 1.165) is 60.3 Å². The maximum absolute atomic E-state index is 13.1. The molecule has 0 radical (unpaired) electrons. The SMILES string of the molecule is CC(=O)N(c1nn(C)c2c(C(C)C)cccc12)S(C)(=O)=O.CC(=O)c1cc(C(C)C)ccc1F.CC(C)c1ccc(Cl)c2c(CS(C)(=O)=O)nn(C)c12.CC(C)c1cccc2c(CS(C)(=O)=O)nn(C)c12.Cc1c(C(C)C)ccc2n[nH]c(=O)n12. The number of pyridine rings is 1. The largest absolute Gasteiger partial charge is 0.347 e. The Bertz CT molecular complexity index is 4350. The van der Waals surface area contributed by atoms with Gasteiger partial charge in [0.05, 0.1) is 56.3 Å². The van der Waals surface area contributed by atoms with Gasteiger partial charge < -0.3 is 0 Å². The maximum Gasteiger partial charge on any atom is 0.347 e. The quantitative estimate of drug-likeness (QED) is 0.112. The number of nitrogens with one attached hydrogen (secondary N) is 1. The summed E-state index contributed by atoms with van der Waals surface area (Å²) in [6.07, 6.45) is 3.44. The molecule has 0 spiro atoms. The third-order valence-electron chi connectivity index (χ3n) is 13.9. The number of hydrogen-bond donors (Lipinski definition) is 1. The molecule has 0 aliphatic rings. The molecule has 85 heavy (non-hydrogen) atoms. The Morgan fingerprint density at radius 2 is 1.08 bits per heavy atom. The fraction of sp³-hybridized carbons (Fsp3) is 0.426. The van der Waals surface area contributed by atoms with E-state index in [1.54, 1.807) is 43.7 Å². The topological polar surface area (TPSA) is 243 Å². The van der Waals surface area contributed by atoms with Crippen molar-refractivity contribution in [2.45, 2.75) is 131 Å². The Balaban J connectivity index is 0.000000196. The molecule has 4 aromatic carbocycles. The molecular formula is C61H80ClFN10O9S3. The number of H-pyrrole nitrogens is 1. The normalized spacial score (nSPS) is 11.9. The van der Waals surface area contributed by atoms with Crippen LogP contribution in [0.1, 0.15) is 168 Å². The van der Waals surface area contributed by atoms with E-state index in [1.807, 2.05) is 83.4 Å². The van der Waals surface area contributed by atoms with Crippen molar-refractivity contribution in [2.24, 2.45) is 21.1 Å². The summed E-state index contributed by atoms with van der Waals surface area (Å²) in [7, 11) is -4.50.